The van der Waals surface area contributed by atoms with Gasteiger partial charge in [0.2, 0.25) is 0 Å². The summed E-state index contributed by atoms with van der Waals surface area (Å²) in [6, 6.07) is 10.3. The Kier molecular flexibility index (Phi) is 6.10. The zero-order valence-electron chi connectivity index (χ0n) is 13.3. The molecule has 0 radical (unpaired) electrons. The van der Waals surface area contributed by atoms with Crippen molar-refractivity contribution in [3.63, 3.8) is 0 Å². The number of carbonyl (C=O) groups excluding carboxylic acids is 1. The molecule has 1 aromatic heterocycles. The minimum atomic E-state index is -0.171. The minimum Gasteiger partial charge on any atom is -0.469 e. The molecule has 0 aliphatic heterocycles. The van der Waals surface area contributed by atoms with Crippen LogP contribution in [0.25, 0.3) is 0 Å². The number of aromatic nitrogens is 1. The summed E-state index contributed by atoms with van der Waals surface area (Å²) >= 11 is 1.69. The van der Waals surface area contributed by atoms with Gasteiger partial charge >= 0.3 is 5.97 Å². The molecule has 4 nitrogen and oxygen atoms in total. The number of thiazole rings is 1. The molecule has 0 amide bonds. The lowest BCUT2D eigenvalue weighted by Crippen LogP contribution is -2.29. The molecule has 0 N–H and O–H groups in total. The Balaban J connectivity index is 1.87. The highest BCUT2D eigenvalue weighted by Crippen LogP contribution is 2.16. The summed E-state index contributed by atoms with van der Waals surface area (Å²) in [5.74, 6) is -0.299. The summed E-state index contributed by atoms with van der Waals surface area (Å²) in [5, 5.41) is 3.22. The quantitative estimate of drug-likeness (QED) is 0.736. The lowest BCUT2D eigenvalue weighted by atomic mass is 10.1. The standard InChI is InChI=1S/C17H22N2O2S/c1-13(17(20)21-3)10-19(2)11-15-12-22-16(18-15)9-14-7-5-4-6-8-14/h4-8,12-13H,9-11H2,1-3H3/t13-/m1/s1. The van der Waals surface area contributed by atoms with Gasteiger partial charge in [-0.3, -0.25) is 9.69 Å². The van der Waals surface area contributed by atoms with Crippen LogP contribution < -0.4 is 0 Å². The fourth-order valence-electron chi connectivity index (χ4n) is 2.36. The monoisotopic (exact) mass is 318 g/mol. The normalized spacial score (nSPS) is 12.4. The first-order chi connectivity index (χ1) is 10.6. The SMILES string of the molecule is COC(=O)[C@H](C)CN(C)Cc1csc(Cc2ccccc2)n1. The van der Waals surface area contributed by atoms with Crippen LogP contribution in [0.1, 0.15) is 23.2 Å². The molecule has 1 aromatic carbocycles. The molecule has 5 heteroatoms. The van der Waals surface area contributed by atoms with E-state index in [0.717, 1.165) is 23.7 Å². The Morgan fingerprint density at radius 1 is 1.36 bits per heavy atom. The summed E-state index contributed by atoms with van der Waals surface area (Å²) in [7, 11) is 3.42. The lowest BCUT2D eigenvalue weighted by Gasteiger charge is -2.18. The van der Waals surface area contributed by atoms with Crippen molar-refractivity contribution in [2.75, 3.05) is 20.7 Å². The van der Waals surface area contributed by atoms with Crippen LogP contribution in [-0.2, 0) is 22.5 Å². The molecule has 0 saturated heterocycles. The fraction of sp³-hybridized carbons (Fsp3) is 0.412. The van der Waals surface area contributed by atoms with E-state index in [1.54, 1.807) is 11.3 Å². The van der Waals surface area contributed by atoms with Crippen molar-refractivity contribution in [2.45, 2.75) is 19.9 Å². The van der Waals surface area contributed by atoms with Crippen LogP contribution in [0.4, 0.5) is 0 Å². The van der Waals surface area contributed by atoms with Crippen molar-refractivity contribution < 1.29 is 9.53 Å². The van der Waals surface area contributed by atoms with E-state index in [1.807, 2.05) is 32.2 Å². The molecule has 22 heavy (non-hydrogen) atoms. The van der Waals surface area contributed by atoms with E-state index >= 15 is 0 Å². The maximum atomic E-state index is 11.4. The first-order valence-electron chi connectivity index (χ1n) is 7.32. The smallest absolute Gasteiger partial charge is 0.309 e. The third-order valence-electron chi connectivity index (χ3n) is 3.42. The van der Waals surface area contributed by atoms with E-state index in [0.29, 0.717) is 6.54 Å². The largest absolute Gasteiger partial charge is 0.469 e. The second kappa shape index (κ2) is 8.06. The Morgan fingerprint density at radius 2 is 2.09 bits per heavy atom. The van der Waals surface area contributed by atoms with Crippen LogP contribution in [0.2, 0.25) is 0 Å². The molecule has 0 fully saturated rings. The van der Waals surface area contributed by atoms with E-state index in [9.17, 15) is 4.79 Å². The van der Waals surface area contributed by atoms with Gasteiger partial charge < -0.3 is 4.74 Å². The number of ether oxygens (including phenoxy) is 1. The Labute approximate surface area is 135 Å². The lowest BCUT2D eigenvalue weighted by molar-refractivity contribution is -0.145. The molecule has 0 aliphatic carbocycles. The molecular weight excluding hydrogens is 296 g/mol. The fourth-order valence-corrected chi connectivity index (χ4v) is 3.18. The van der Waals surface area contributed by atoms with Gasteiger partial charge in [0.25, 0.3) is 0 Å². The van der Waals surface area contributed by atoms with Crippen LogP contribution in [0.15, 0.2) is 35.7 Å². The number of carbonyl (C=O) groups is 1. The molecule has 1 atom stereocenters. The summed E-state index contributed by atoms with van der Waals surface area (Å²) < 4.78 is 4.75. The molecule has 0 aliphatic rings. The van der Waals surface area contributed by atoms with Gasteiger partial charge in [-0.15, -0.1) is 11.3 Å². The first kappa shape index (κ1) is 16.6. The van der Waals surface area contributed by atoms with Crippen LogP contribution in [0.3, 0.4) is 0 Å². The number of hydrogen-bond acceptors (Lipinski definition) is 5. The third kappa shape index (κ3) is 4.93. The number of benzene rings is 1. The molecule has 0 saturated carbocycles. The van der Waals surface area contributed by atoms with Crippen LogP contribution in [0.5, 0.6) is 0 Å². The number of hydrogen-bond donors (Lipinski definition) is 0. The van der Waals surface area contributed by atoms with Crippen molar-refractivity contribution in [1.82, 2.24) is 9.88 Å². The molecule has 118 valence electrons. The Hall–Kier alpha value is -1.72. The molecule has 0 bridgehead atoms. The Bertz CT molecular complexity index is 598. The van der Waals surface area contributed by atoms with Gasteiger partial charge in [0, 0.05) is 24.9 Å². The maximum absolute atomic E-state index is 11.4. The first-order valence-corrected chi connectivity index (χ1v) is 8.20. The van der Waals surface area contributed by atoms with Gasteiger partial charge in [0.15, 0.2) is 0 Å². The van der Waals surface area contributed by atoms with Gasteiger partial charge in [-0.1, -0.05) is 37.3 Å². The zero-order valence-corrected chi connectivity index (χ0v) is 14.1. The van der Waals surface area contributed by atoms with Crippen molar-refractivity contribution in [2.24, 2.45) is 5.92 Å². The van der Waals surface area contributed by atoms with E-state index in [4.69, 9.17) is 4.74 Å². The van der Waals surface area contributed by atoms with Crippen LogP contribution in [0, 0.1) is 5.92 Å². The van der Waals surface area contributed by atoms with E-state index in [1.165, 1.54) is 12.7 Å². The Morgan fingerprint density at radius 3 is 2.77 bits per heavy atom. The summed E-state index contributed by atoms with van der Waals surface area (Å²) in [4.78, 5) is 18.2. The third-order valence-corrected chi connectivity index (χ3v) is 4.32. The van der Waals surface area contributed by atoms with Gasteiger partial charge in [0.1, 0.15) is 0 Å². The molecule has 0 unspecified atom stereocenters. The van der Waals surface area contributed by atoms with Crippen molar-refractivity contribution >= 4 is 17.3 Å². The molecule has 0 spiro atoms. The number of esters is 1. The van der Waals surface area contributed by atoms with Gasteiger partial charge in [-0.05, 0) is 12.6 Å². The number of nitrogens with zero attached hydrogens (tertiary/aromatic N) is 2. The summed E-state index contributed by atoms with van der Waals surface area (Å²) in [6.45, 7) is 3.29. The van der Waals surface area contributed by atoms with Crippen molar-refractivity contribution in [3.8, 4) is 0 Å². The second-order valence-corrected chi connectivity index (χ2v) is 6.46. The number of methoxy groups -OCH3 is 1. The van der Waals surface area contributed by atoms with E-state index in [2.05, 4.69) is 27.4 Å². The molecular formula is C17H22N2O2S. The topological polar surface area (TPSA) is 42.4 Å². The van der Waals surface area contributed by atoms with Crippen molar-refractivity contribution in [1.29, 1.82) is 0 Å². The van der Waals surface area contributed by atoms with Gasteiger partial charge in [-0.2, -0.15) is 0 Å². The number of rotatable bonds is 7. The van der Waals surface area contributed by atoms with Gasteiger partial charge in [-0.25, -0.2) is 4.98 Å². The zero-order chi connectivity index (χ0) is 15.9. The van der Waals surface area contributed by atoms with Crippen LogP contribution >= 0.6 is 11.3 Å². The van der Waals surface area contributed by atoms with Crippen molar-refractivity contribution in [3.05, 3.63) is 52.0 Å². The predicted molar refractivity (Wildman–Crippen MR) is 88.9 cm³/mol. The molecule has 2 rings (SSSR count). The van der Waals surface area contributed by atoms with E-state index < -0.39 is 0 Å². The highest BCUT2D eigenvalue weighted by Gasteiger charge is 2.16. The van der Waals surface area contributed by atoms with Gasteiger partial charge in [0.05, 0.1) is 23.7 Å². The predicted octanol–water partition coefficient (Wildman–Crippen LogP) is 2.97. The average molecular weight is 318 g/mol. The maximum Gasteiger partial charge on any atom is 0.309 e. The second-order valence-electron chi connectivity index (χ2n) is 5.52. The van der Waals surface area contributed by atoms with Crippen LogP contribution in [-0.4, -0.2) is 36.6 Å². The summed E-state index contributed by atoms with van der Waals surface area (Å²) in [6.07, 6.45) is 0.869. The highest BCUT2D eigenvalue weighted by molar-refractivity contribution is 7.09. The van der Waals surface area contributed by atoms with E-state index in [-0.39, 0.29) is 11.9 Å². The average Bonchev–Trinajstić information content (AvgIpc) is 2.94. The molecule has 2 aromatic rings. The minimum absolute atomic E-state index is 0.127. The highest BCUT2D eigenvalue weighted by atomic mass is 32.1. The summed E-state index contributed by atoms with van der Waals surface area (Å²) in [5.41, 5.74) is 2.33. The molecule has 1 heterocycles.